The van der Waals surface area contributed by atoms with E-state index in [2.05, 4.69) is 10.3 Å². The second kappa shape index (κ2) is 17.9. The van der Waals surface area contributed by atoms with Gasteiger partial charge in [-0.05, 0) is 30.2 Å². The number of nitrogens with two attached hydrogens (primary N) is 1. The van der Waals surface area contributed by atoms with E-state index in [1.165, 1.54) is 18.3 Å². The van der Waals surface area contributed by atoms with Gasteiger partial charge in [0.15, 0.2) is 6.10 Å². The lowest BCUT2D eigenvalue weighted by atomic mass is 9.93. The van der Waals surface area contributed by atoms with Crippen molar-refractivity contribution in [2.45, 2.75) is 91.5 Å². The Morgan fingerprint density at radius 2 is 1.72 bits per heavy atom. The summed E-state index contributed by atoms with van der Waals surface area (Å²) in [4.78, 5) is 56.2. The van der Waals surface area contributed by atoms with Crippen LogP contribution in [0.2, 0.25) is 0 Å². The molecular weight excluding hydrogens is 592 g/mol. The first-order chi connectivity index (χ1) is 19.7. The van der Waals surface area contributed by atoms with E-state index in [0.717, 1.165) is 12.0 Å². The van der Waals surface area contributed by atoms with Crippen molar-refractivity contribution in [3.05, 3.63) is 52.0 Å². The second-order valence-electron chi connectivity index (χ2n) is 11.4. The highest BCUT2D eigenvalue weighted by Crippen LogP contribution is 2.31. The first kappa shape index (κ1) is 38.0. The third kappa shape index (κ3) is 11.5. The van der Waals surface area contributed by atoms with E-state index in [9.17, 15) is 24.3 Å². The maximum atomic E-state index is 13.3. The Morgan fingerprint density at radius 3 is 2.26 bits per heavy atom. The number of halogens is 1. The smallest absolute Gasteiger partial charge is 0.306 e. The van der Waals surface area contributed by atoms with Gasteiger partial charge >= 0.3 is 11.9 Å². The molecule has 6 atom stereocenters. The van der Waals surface area contributed by atoms with E-state index in [1.54, 1.807) is 24.3 Å². The summed E-state index contributed by atoms with van der Waals surface area (Å²) in [6.45, 7) is 10.8. The molecule has 12 heteroatoms. The van der Waals surface area contributed by atoms with Gasteiger partial charge in [0.05, 0.1) is 12.0 Å². The Bertz CT molecular complexity index is 1190. The van der Waals surface area contributed by atoms with E-state index in [0.29, 0.717) is 11.4 Å². The minimum Gasteiger partial charge on any atom is -0.481 e. The number of benzene rings is 1. The van der Waals surface area contributed by atoms with Crippen LogP contribution in [0.4, 0.5) is 0 Å². The number of carboxylic acids is 1. The molecule has 1 aromatic heterocycles. The molecule has 0 radical (unpaired) electrons. The topological polar surface area (TPSA) is 152 Å². The second-order valence-corrected chi connectivity index (χ2v) is 12.3. The molecule has 0 saturated heterocycles. The average Bonchev–Trinajstić information content (AvgIpc) is 3.44. The van der Waals surface area contributed by atoms with Crippen molar-refractivity contribution in [2.24, 2.45) is 23.5 Å². The first-order valence-electron chi connectivity index (χ1n) is 14.5. The third-order valence-corrected chi connectivity index (χ3v) is 8.61. The molecule has 0 aliphatic carbocycles. The summed E-state index contributed by atoms with van der Waals surface area (Å²) in [6, 6.07) is 8.16. The molecule has 0 fully saturated rings. The molecular formula is C31H47ClN4O6S. The number of ether oxygens (including phenoxy) is 1. The van der Waals surface area contributed by atoms with Crippen molar-refractivity contribution < 1.29 is 29.0 Å². The van der Waals surface area contributed by atoms with Gasteiger partial charge in [-0.15, -0.1) is 23.7 Å². The van der Waals surface area contributed by atoms with E-state index in [4.69, 9.17) is 10.5 Å². The number of hydrogen-bond acceptors (Lipinski definition) is 8. The van der Waals surface area contributed by atoms with Crippen LogP contribution in [0, 0.1) is 17.8 Å². The van der Waals surface area contributed by atoms with Crippen molar-refractivity contribution in [2.75, 3.05) is 7.05 Å². The fraction of sp³-hybridized carbons (Fsp3) is 0.581. The van der Waals surface area contributed by atoms with Crippen LogP contribution in [-0.4, -0.2) is 63.9 Å². The first-order valence-corrected chi connectivity index (χ1v) is 15.3. The summed E-state index contributed by atoms with van der Waals surface area (Å²) in [5, 5.41) is 14.4. The van der Waals surface area contributed by atoms with Crippen molar-refractivity contribution in [3.8, 4) is 0 Å². The zero-order chi connectivity index (χ0) is 31.6. The van der Waals surface area contributed by atoms with E-state index < -0.39 is 42.0 Å². The van der Waals surface area contributed by atoms with Gasteiger partial charge < -0.3 is 25.8 Å². The molecule has 0 saturated carbocycles. The Labute approximate surface area is 265 Å². The molecule has 240 valence electrons. The van der Waals surface area contributed by atoms with Gasteiger partial charge in [0.2, 0.25) is 5.91 Å². The molecule has 0 aliphatic rings. The molecule has 1 heterocycles. The number of carbonyl (C=O) groups excluding carboxylic acids is 3. The zero-order valence-corrected chi connectivity index (χ0v) is 27.7. The van der Waals surface area contributed by atoms with Crippen molar-refractivity contribution in [3.63, 3.8) is 0 Å². The molecule has 2 amide bonds. The third-order valence-electron chi connectivity index (χ3n) is 7.67. The number of carbonyl (C=O) groups is 4. The Hall–Kier alpha value is -3.02. The predicted molar refractivity (Wildman–Crippen MR) is 170 cm³/mol. The fourth-order valence-corrected chi connectivity index (χ4v) is 5.65. The number of amides is 2. The Balaban J connectivity index is 0.00000924. The molecule has 2 aromatic rings. The summed E-state index contributed by atoms with van der Waals surface area (Å²) < 4.78 is 5.65. The summed E-state index contributed by atoms with van der Waals surface area (Å²) in [5.41, 5.74) is 7.36. The number of likely N-dealkylation sites (N-methyl/N-ethyl adjacent to an activating group) is 1. The molecule has 0 unspecified atom stereocenters. The number of rotatable bonds is 16. The Morgan fingerprint density at radius 1 is 1.09 bits per heavy atom. The number of thiazole rings is 1. The highest BCUT2D eigenvalue weighted by atomic mass is 35.5. The number of aromatic nitrogens is 1. The molecule has 0 bridgehead atoms. The normalized spacial score (nSPS) is 15.3. The van der Waals surface area contributed by atoms with E-state index >= 15 is 0 Å². The van der Waals surface area contributed by atoms with Crippen LogP contribution in [0.3, 0.4) is 0 Å². The van der Waals surface area contributed by atoms with E-state index in [-0.39, 0.29) is 54.7 Å². The van der Waals surface area contributed by atoms with Gasteiger partial charge in [-0.1, -0.05) is 71.4 Å². The van der Waals surface area contributed by atoms with Gasteiger partial charge in [0.1, 0.15) is 10.7 Å². The van der Waals surface area contributed by atoms with Gasteiger partial charge in [-0.2, -0.15) is 0 Å². The van der Waals surface area contributed by atoms with Crippen LogP contribution < -0.4 is 11.1 Å². The fourth-order valence-electron chi connectivity index (χ4n) is 4.81. The van der Waals surface area contributed by atoms with E-state index in [1.807, 2.05) is 58.0 Å². The SMILES string of the molecule is CC[C@H](C)[C@H](N)C(=O)N(C)[C@H](C[C@@H](OC(C)=O)c1nc(C(=O)N[C@@H](Cc2ccccc2)C[C@H](C)C(=O)O)cs1)C(C)C.Cl. The highest BCUT2D eigenvalue weighted by Gasteiger charge is 2.33. The zero-order valence-electron chi connectivity index (χ0n) is 26.1. The van der Waals surface area contributed by atoms with Gasteiger partial charge in [0.25, 0.3) is 5.91 Å². The monoisotopic (exact) mass is 638 g/mol. The van der Waals surface area contributed by atoms with Crippen molar-refractivity contribution >= 4 is 47.5 Å². The molecule has 2 rings (SSSR count). The average molecular weight is 639 g/mol. The summed E-state index contributed by atoms with van der Waals surface area (Å²) >= 11 is 1.20. The number of aliphatic carboxylic acids is 1. The lowest BCUT2D eigenvalue weighted by Crippen LogP contribution is -2.51. The number of hydrogen-bond donors (Lipinski definition) is 3. The number of nitrogens with zero attached hydrogens (tertiary/aromatic N) is 2. The van der Waals surface area contributed by atoms with Crippen LogP contribution in [-0.2, 0) is 25.5 Å². The van der Waals surface area contributed by atoms with Crippen molar-refractivity contribution in [1.82, 2.24) is 15.2 Å². The van der Waals surface area contributed by atoms with Crippen LogP contribution in [0.25, 0.3) is 0 Å². The number of carboxylic acid groups (broad SMARTS) is 1. The largest absolute Gasteiger partial charge is 0.481 e. The molecule has 0 spiro atoms. The van der Waals surface area contributed by atoms with Crippen LogP contribution in [0.15, 0.2) is 35.7 Å². The maximum Gasteiger partial charge on any atom is 0.306 e. The minimum absolute atomic E-state index is 0. The molecule has 4 N–H and O–H groups in total. The van der Waals surface area contributed by atoms with Gasteiger partial charge in [0, 0.05) is 37.9 Å². The maximum absolute atomic E-state index is 13.3. The lowest BCUT2D eigenvalue weighted by molar-refractivity contribution is -0.148. The summed E-state index contributed by atoms with van der Waals surface area (Å²) in [7, 11) is 1.71. The summed E-state index contributed by atoms with van der Waals surface area (Å²) in [5.74, 6) is -2.66. The quantitative estimate of drug-likeness (QED) is 0.220. The van der Waals surface area contributed by atoms with Crippen molar-refractivity contribution in [1.29, 1.82) is 0 Å². The molecule has 1 aromatic carbocycles. The minimum atomic E-state index is -0.934. The van der Waals surface area contributed by atoms with Crippen LogP contribution in [0.1, 0.15) is 88.0 Å². The Kier molecular flexibility index (Phi) is 15.9. The molecule has 10 nitrogen and oxygen atoms in total. The summed E-state index contributed by atoms with van der Waals surface area (Å²) in [6.07, 6.45) is 0.997. The number of esters is 1. The van der Waals surface area contributed by atoms with Crippen LogP contribution in [0.5, 0.6) is 0 Å². The molecule has 0 aliphatic heterocycles. The lowest BCUT2D eigenvalue weighted by Gasteiger charge is -2.35. The highest BCUT2D eigenvalue weighted by molar-refractivity contribution is 7.09. The standard InChI is InChI=1S/C31H46N4O6S.ClH/c1-8-19(4)27(32)30(38)35(7)25(18(2)3)16-26(41-21(6)36)29-34-24(17-42-29)28(37)33-23(14-20(5)31(39)40)15-22-12-10-9-11-13-22;/h9-13,17-20,23,25-27H,8,14-16,32H2,1-7H3,(H,33,37)(H,39,40);1H/t19-,20-,23+,25+,26+,27-;/m0./s1. The predicted octanol–water partition coefficient (Wildman–Crippen LogP) is 4.87. The molecule has 43 heavy (non-hydrogen) atoms. The van der Waals surface area contributed by atoms with Gasteiger partial charge in [-0.3, -0.25) is 19.2 Å². The van der Waals surface area contributed by atoms with Gasteiger partial charge in [-0.25, -0.2) is 4.98 Å². The number of nitrogens with one attached hydrogen (secondary N) is 1. The van der Waals surface area contributed by atoms with Crippen LogP contribution >= 0.6 is 23.7 Å².